The maximum absolute atomic E-state index is 12.8. The standard InChI is InChI=1S/C24H24BrN5O3/c1-23(2,3)33-22(31)30-8-7-17-16(11-30)20(14-5-6-19(32-4)18(25)9-14)15(10-26)21(29)24(17,12-27)13-28/h5-7,9,15-16,20,29H,8,11H2,1-4H3/t15-,16-,20+/m1/s1. The Morgan fingerprint density at radius 3 is 2.45 bits per heavy atom. The van der Waals surface area contributed by atoms with Gasteiger partial charge in [-0.05, 0) is 60.0 Å². The molecule has 0 aromatic heterocycles. The van der Waals surface area contributed by atoms with Crippen LogP contribution in [0, 0.1) is 56.7 Å². The van der Waals surface area contributed by atoms with Gasteiger partial charge in [0.1, 0.15) is 11.4 Å². The highest BCUT2D eigenvalue weighted by Crippen LogP contribution is 2.52. The molecule has 0 saturated heterocycles. The van der Waals surface area contributed by atoms with Gasteiger partial charge in [0.05, 0.1) is 41.4 Å². The Bertz CT molecular complexity index is 1130. The van der Waals surface area contributed by atoms with Crippen molar-refractivity contribution in [3.8, 4) is 24.0 Å². The predicted octanol–water partition coefficient (Wildman–Crippen LogP) is 4.54. The fraction of sp³-hybridized carbons (Fsp3) is 0.458. The number of methoxy groups -OCH3 is 1. The van der Waals surface area contributed by atoms with Crippen molar-refractivity contribution >= 4 is 27.7 Å². The van der Waals surface area contributed by atoms with E-state index in [9.17, 15) is 20.6 Å². The fourth-order valence-corrected chi connectivity index (χ4v) is 5.08. The summed E-state index contributed by atoms with van der Waals surface area (Å²) in [6.07, 6.45) is 1.15. The van der Waals surface area contributed by atoms with Gasteiger partial charge in [-0.1, -0.05) is 12.1 Å². The molecule has 0 bridgehead atoms. The number of rotatable bonds is 2. The summed E-state index contributed by atoms with van der Waals surface area (Å²) >= 11 is 3.47. The van der Waals surface area contributed by atoms with E-state index in [0.29, 0.717) is 15.8 Å². The van der Waals surface area contributed by atoms with Gasteiger partial charge in [0, 0.05) is 24.9 Å². The van der Waals surface area contributed by atoms with E-state index in [0.717, 1.165) is 5.56 Å². The van der Waals surface area contributed by atoms with Crippen LogP contribution in [-0.4, -0.2) is 42.5 Å². The molecule has 1 N–H and O–H groups in total. The average Bonchev–Trinajstić information content (AvgIpc) is 2.77. The molecule has 0 spiro atoms. The van der Waals surface area contributed by atoms with Crippen molar-refractivity contribution in [3.05, 3.63) is 39.9 Å². The van der Waals surface area contributed by atoms with E-state index in [4.69, 9.17) is 14.9 Å². The summed E-state index contributed by atoms with van der Waals surface area (Å²) in [5, 5.41) is 38.7. The Morgan fingerprint density at radius 2 is 1.94 bits per heavy atom. The van der Waals surface area contributed by atoms with Gasteiger partial charge >= 0.3 is 6.09 Å². The van der Waals surface area contributed by atoms with E-state index in [1.54, 1.807) is 40.0 Å². The van der Waals surface area contributed by atoms with E-state index < -0.39 is 34.9 Å². The topological polar surface area (TPSA) is 134 Å². The van der Waals surface area contributed by atoms with Gasteiger partial charge in [-0.15, -0.1) is 0 Å². The molecule has 0 radical (unpaired) electrons. The van der Waals surface area contributed by atoms with Crippen LogP contribution in [0.2, 0.25) is 0 Å². The molecule has 33 heavy (non-hydrogen) atoms. The second-order valence-corrected chi connectivity index (χ2v) is 9.92. The Hall–Kier alpha value is -3.35. The Kier molecular flexibility index (Phi) is 6.54. The normalized spacial score (nSPS) is 23.8. The lowest BCUT2D eigenvalue weighted by Gasteiger charge is -2.47. The Balaban J connectivity index is 2.16. The summed E-state index contributed by atoms with van der Waals surface area (Å²) in [7, 11) is 1.54. The SMILES string of the molecule is COc1ccc([C@@H]2[C@@H]3CN(C(=O)OC(C)(C)C)CC=C3C(C#N)(C#N)C(=N)[C@@H]2C#N)cc1Br. The molecule has 3 atom stereocenters. The minimum Gasteiger partial charge on any atom is -0.496 e. The molecule has 2 aliphatic rings. The van der Waals surface area contributed by atoms with Crippen molar-refractivity contribution in [1.82, 2.24) is 4.90 Å². The molecule has 8 nitrogen and oxygen atoms in total. The number of nitrogens with zero attached hydrogens (tertiary/aromatic N) is 4. The monoisotopic (exact) mass is 509 g/mol. The Labute approximate surface area is 201 Å². The number of nitrogens with one attached hydrogen (secondary N) is 1. The molecule has 3 rings (SSSR count). The minimum absolute atomic E-state index is 0.148. The van der Waals surface area contributed by atoms with Crippen LogP contribution in [0.1, 0.15) is 32.3 Å². The first-order valence-electron chi connectivity index (χ1n) is 10.4. The van der Waals surface area contributed by atoms with Crippen molar-refractivity contribution in [2.45, 2.75) is 32.3 Å². The summed E-state index contributed by atoms with van der Waals surface area (Å²) < 4.78 is 11.5. The molecule has 1 amide bonds. The second-order valence-electron chi connectivity index (χ2n) is 9.07. The van der Waals surface area contributed by atoms with Gasteiger partial charge in [0.2, 0.25) is 5.41 Å². The number of carbonyl (C=O) groups is 1. The van der Waals surface area contributed by atoms with Gasteiger partial charge in [-0.25, -0.2) is 4.79 Å². The van der Waals surface area contributed by atoms with Crippen molar-refractivity contribution in [1.29, 1.82) is 21.2 Å². The molecule has 1 heterocycles. The first-order valence-corrected chi connectivity index (χ1v) is 11.1. The molecule has 9 heteroatoms. The molecule has 1 aliphatic heterocycles. The maximum Gasteiger partial charge on any atom is 0.410 e. The summed E-state index contributed by atoms with van der Waals surface area (Å²) in [6.45, 7) is 5.63. The molecule has 170 valence electrons. The van der Waals surface area contributed by atoms with Gasteiger partial charge in [0.15, 0.2) is 0 Å². The molecule has 1 fully saturated rings. The van der Waals surface area contributed by atoms with Crippen LogP contribution in [0.15, 0.2) is 34.3 Å². The zero-order valence-electron chi connectivity index (χ0n) is 18.8. The van der Waals surface area contributed by atoms with E-state index in [-0.39, 0.29) is 18.8 Å². The zero-order chi connectivity index (χ0) is 24.6. The zero-order valence-corrected chi connectivity index (χ0v) is 20.4. The van der Waals surface area contributed by atoms with Crippen LogP contribution in [0.4, 0.5) is 4.79 Å². The third kappa shape index (κ3) is 4.19. The van der Waals surface area contributed by atoms with Gasteiger partial charge in [-0.2, -0.15) is 15.8 Å². The predicted molar refractivity (Wildman–Crippen MR) is 123 cm³/mol. The number of halogens is 1. The quantitative estimate of drug-likeness (QED) is 0.581. The number of ether oxygens (including phenoxy) is 2. The van der Waals surface area contributed by atoms with E-state index in [1.807, 2.05) is 24.3 Å². The van der Waals surface area contributed by atoms with Crippen LogP contribution in [0.3, 0.4) is 0 Å². The van der Waals surface area contributed by atoms with Crippen molar-refractivity contribution in [3.63, 3.8) is 0 Å². The van der Waals surface area contributed by atoms with Crippen LogP contribution in [-0.2, 0) is 4.74 Å². The van der Waals surface area contributed by atoms with Crippen molar-refractivity contribution in [2.75, 3.05) is 20.2 Å². The number of carbonyl (C=O) groups excluding carboxylic acids is 1. The van der Waals surface area contributed by atoms with Gasteiger partial charge in [-0.3, -0.25) is 0 Å². The van der Waals surface area contributed by atoms with Crippen molar-refractivity contribution < 1.29 is 14.3 Å². The first-order chi connectivity index (χ1) is 15.5. The number of amides is 1. The highest BCUT2D eigenvalue weighted by atomic mass is 79.9. The number of fused-ring (bicyclic) bond motifs is 1. The minimum atomic E-state index is -1.84. The van der Waals surface area contributed by atoms with Gasteiger partial charge in [0.25, 0.3) is 0 Å². The smallest absolute Gasteiger partial charge is 0.410 e. The summed E-state index contributed by atoms with van der Waals surface area (Å²) in [5.41, 5.74) is -1.56. The lowest BCUT2D eigenvalue weighted by molar-refractivity contribution is 0.0223. The molecular weight excluding hydrogens is 486 g/mol. The molecule has 1 aromatic carbocycles. The second kappa shape index (κ2) is 8.89. The van der Waals surface area contributed by atoms with Crippen LogP contribution in [0.5, 0.6) is 5.75 Å². The number of nitriles is 3. The summed E-state index contributed by atoms with van der Waals surface area (Å²) in [4.78, 5) is 14.3. The van der Waals surface area contributed by atoms with Crippen LogP contribution >= 0.6 is 15.9 Å². The molecule has 1 saturated carbocycles. The molecule has 1 aliphatic carbocycles. The van der Waals surface area contributed by atoms with Crippen LogP contribution in [0.25, 0.3) is 0 Å². The highest BCUT2D eigenvalue weighted by Gasteiger charge is 2.57. The third-order valence-electron chi connectivity index (χ3n) is 5.98. The van der Waals surface area contributed by atoms with Crippen LogP contribution < -0.4 is 4.74 Å². The third-order valence-corrected chi connectivity index (χ3v) is 6.60. The fourth-order valence-electron chi connectivity index (χ4n) is 4.52. The lowest BCUT2D eigenvalue weighted by atomic mass is 9.55. The lowest BCUT2D eigenvalue weighted by Crippen LogP contribution is -2.53. The largest absolute Gasteiger partial charge is 0.496 e. The van der Waals surface area contributed by atoms with Crippen molar-refractivity contribution in [2.24, 2.45) is 17.3 Å². The van der Waals surface area contributed by atoms with E-state index in [2.05, 4.69) is 22.0 Å². The molecule has 0 unspecified atom stereocenters. The van der Waals surface area contributed by atoms with E-state index >= 15 is 0 Å². The number of hydrogen-bond donors (Lipinski definition) is 1. The first kappa shape index (κ1) is 24.3. The van der Waals surface area contributed by atoms with Gasteiger partial charge < -0.3 is 19.8 Å². The molecule has 1 aromatic rings. The summed E-state index contributed by atoms with van der Waals surface area (Å²) in [6, 6.07) is 11.5. The molecular formula is C24H24BrN5O3. The average molecular weight is 510 g/mol. The maximum atomic E-state index is 12.8. The highest BCUT2D eigenvalue weighted by molar-refractivity contribution is 9.10. The summed E-state index contributed by atoms with van der Waals surface area (Å²) in [5.74, 6) is -1.48. The number of hydrogen-bond acceptors (Lipinski definition) is 7. The number of benzene rings is 1. The Morgan fingerprint density at radius 1 is 1.27 bits per heavy atom. The van der Waals surface area contributed by atoms with E-state index in [1.165, 1.54) is 4.90 Å².